The summed E-state index contributed by atoms with van der Waals surface area (Å²) >= 11 is 11.2. The van der Waals surface area contributed by atoms with Gasteiger partial charge in [0.25, 0.3) is 5.91 Å². The standard InChI is InChI=1S/C21H22ClN3O2S/c1-21(2,3)25-19(27)15-9-5-7-11-17(15)23-20(28)24-18(26)13-12-14-8-4-6-10-16(14)22/h4-13H,1-3H3,(H,25,27)(H2,23,24,26,28). The third-order valence-electron chi connectivity index (χ3n) is 3.46. The molecule has 0 spiro atoms. The molecule has 28 heavy (non-hydrogen) atoms. The van der Waals surface area contributed by atoms with E-state index in [-0.39, 0.29) is 16.6 Å². The van der Waals surface area contributed by atoms with Crippen LogP contribution in [0.2, 0.25) is 5.02 Å². The molecule has 2 aromatic carbocycles. The first kappa shape index (κ1) is 21.6. The van der Waals surface area contributed by atoms with Crippen molar-refractivity contribution in [1.29, 1.82) is 0 Å². The molecule has 0 fully saturated rings. The smallest absolute Gasteiger partial charge is 0.253 e. The molecule has 2 rings (SSSR count). The van der Waals surface area contributed by atoms with Gasteiger partial charge in [-0.1, -0.05) is 41.9 Å². The lowest BCUT2D eigenvalue weighted by Gasteiger charge is -2.21. The molecule has 0 radical (unpaired) electrons. The van der Waals surface area contributed by atoms with Crippen molar-refractivity contribution in [3.05, 3.63) is 70.8 Å². The summed E-state index contributed by atoms with van der Waals surface area (Å²) in [7, 11) is 0. The fraction of sp³-hybridized carbons (Fsp3) is 0.190. The number of hydrogen-bond acceptors (Lipinski definition) is 3. The molecule has 0 saturated carbocycles. The second-order valence-electron chi connectivity index (χ2n) is 7.05. The van der Waals surface area contributed by atoms with Crippen LogP contribution >= 0.6 is 23.8 Å². The first-order chi connectivity index (χ1) is 13.2. The van der Waals surface area contributed by atoms with Crippen molar-refractivity contribution in [3.63, 3.8) is 0 Å². The summed E-state index contributed by atoms with van der Waals surface area (Å²) < 4.78 is 0. The van der Waals surface area contributed by atoms with E-state index < -0.39 is 5.91 Å². The zero-order chi connectivity index (χ0) is 20.7. The monoisotopic (exact) mass is 415 g/mol. The van der Waals surface area contributed by atoms with E-state index in [1.54, 1.807) is 42.5 Å². The van der Waals surface area contributed by atoms with Crippen LogP contribution in [0.25, 0.3) is 6.08 Å². The van der Waals surface area contributed by atoms with Crippen LogP contribution in [0.1, 0.15) is 36.7 Å². The molecule has 0 aliphatic carbocycles. The molecule has 2 amide bonds. The Labute approximate surface area is 175 Å². The first-order valence-corrected chi connectivity index (χ1v) is 9.40. The summed E-state index contributed by atoms with van der Waals surface area (Å²) in [5, 5.41) is 8.98. The highest BCUT2D eigenvalue weighted by atomic mass is 35.5. The average Bonchev–Trinajstić information content (AvgIpc) is 2.60. The molecule has 0 heterocycles. The van der Waals surface area contributed by atoms with Gasteiger partial charge in [0.05, 0.1) is 11.3 Å². The fourth-order valence-corrected chi connectivity index (χ4v) is 2.69. The van der Waals surface area contributed by atoms with Gasteiger partial charge in [-0.2, -0.15) is 0 Å². The van der Waals surface area contributed by atoms with Crippen molar-refractivity contribution in [2.45, 2.75) is 26.3 Å². The van der Waals surface area contributed by atoms with Gasteiger partial charge in [0, 0.05) is 16.6 Å². The lowest BCUT2D eigenvalue weighted by Crippen LogP contribution is -2.41. The molecule has 0 aromatic heterocycles. The highest BCUT2D eigenvalue weighted by molar-refractivity contribution is 7.80. The Balaban J connectivity index is 2.02. The van der Waals surface area contributed by atoms with Gasteiger partial charge < -0.3 is 10.6 Å². The van der Waals surface area contributed by atoms with Crippen LogP contribution in [-0.2, 0) is 4.79 Å². The van der Waals surface area contributed by atoms with Crippen molar-refractivity contribution in [1.82, 2.24) is 10.6 Å². The molecule has 146 valence electrons. The number of hydrogen-bond donors (Lipinski definition) is 3. The number of thiocarbonyl (C=S) groups is 1. The van der Waals surface area contributed by atoms with E-state index in [0.29, 0.717) is 16.3 Å². The number of benzene rings is 2. The zero-order valence-corrected chi connectivity index (χ0v) is 17.4. The SMILES string of the molecule is CC(C)(C)NC(=O)c1ccccc1NC(=S)NC(=O)C=Cc1ccccc1Cl. The number of nitrogens with one attached hydrogen (secondary N) is 3. The van der Waals surface area contributed by atoms with Crippen LogP contribution in [0.15, 0.2) is 54.6 Å². The van der Waals surface area contributed by atoms with Crippen molar-refractivity contribution in [2.24, 2.45) is 0 Å². The summed E-state index contributed by atoms with van der Waals surface area (Å²) in [5.74, 6) is -0.641. The molecular formula is C21H22ClN3O2S. The van der Waals surface area contributed by atoms with Gasteiger partial charge in [-0.15, -0.1) is 0 Å². The predicted molar refractivity (Wildman–Crippen MR) is 119 cm³/mol. The Bertz CT molecular complexity index is 920. The lowest BCUT2D eigenvalue weighted by atomic mass is 10.1. The maximum atomic E-state index is 12.5. The van der Waals surface area contributed by atoms with Crippen LogP contribution in [0, 0.1) is 0 Å². The Hall–Kier alpha value is -2.70. The topological polar surface area (TPSA) is 70.2 Å². The van der Waals surface area contributed by atoms with E-state index >= 15 is 0 Å². The largest absolute Gasteiger partial charge is 0.347 e. The molecule has 0 unspecified atom stereocenters. The maximum absolute atomic E-state index is 12.5. The number of halogens is 1. The quantitative estimate of drug-likeness (QED) is 0.511. The second-order valence-corrected chi connectivity index (χ2v) is 7.86. The second kappa shape index (κ2) is 9.48. The molecule has 0 atom stereocenters. The zero-order valence-electron chi connectivity index (χ0n) is 15.9. The summed E-state index contributed by atoms with van der Waals surface area (Å²) in [6, 6.07) is 14.1. The molecule has 2 aromatic rings. The minimum absolute atomic E-state index is 0.0878. The van der Waals surface area contributed by atoms with Gasteiger partial charge >= 0.3 is 0 Å². The lowest BCUT2D eigenvalue weighted by molar-refractivity contribution is -0.115. The van der Waals surface area contributed by atoms with Crippen LogP contribution in [0.3, 0.4) is 0 Å². The summed E-state index contributed by atoms with van der Waals surface area (Å²) in [6.07, 6.45) is 2.94. The average molecular weight is 416 g/mol. The van der Waals surface area contributed by atoms with E-state index in [1.165, 1.54) is 6.08 Å². The molecular weight excluding hydrogens is 394 g/mol. The van der Waals surface area contributed by atoms with Crippen LogP contribution < -0.4 is 16.0 Å². The highest BCUT2D eigenvalue weighted by Crippen LogP contribution is 2.17. The third kappa shape index (κ3) is 6.79. The Kier molecular flexibility index (Phi) is 7.31. The number of carbonyl (C=O) groups excluding carboxylic acids is 2. The third-order valence-corrected chi connectivity index (χ3v) is 4.01. The van der Waals surface area contributed by atoms with Gasteiger partial charge in [-0.3, -0.25) is 14.9 Å². The Morgan fingerprint density at radius 1 is 1.04 bits per heavy atom. The Morgan fingerprint density at radius 2 is 1.68 bits per heavy atom. The number of para-hydroxylation sites is 1. The highest BCUT2D eigenvalue weighted by Gasteiger charge is 2.18. The summed E-state index contributed by atoms with van der Waals surface area (Å²) in [6.45, 7) is 5.70. The van der Waals surface area contributed by atoms with E-state index in [1.807, 2.05) is 32.9 Å². The molecule has 0 aliphatic rings. The fourth-order valence-electron chi connectivity index (χ4n) is 2.28. The van der Waals surface area contributed by atoms with E-state index in [9.17, 15) is 9.59 Å². The van der Waals surface area contributed by atoms with Crippen molar-refractivity contribution >= 4 is 52.5 Å². The summed E-state index contributed by atoms with van der Waals surface area (Å²) in [5.41, 5.74) is 1.29. The van der Waals surface area contributed by atoms with Crippen molar-refractivity contribution < 1.29 is 9.59 Å². The molecule has 5 nitrogen and oxygen atoms in total. The minimum Gasteiger partial charge on any atom is -0.347 e. The molecule has 7 heteroatoms. The van der Waals surface area contributed by atoms with Crippen LogP contribution in [0.4, 0.5) is 5.69 Å². The van der Waals surface area contributed by atoms with Crippen molar-refractivity contribution in [3.8, 4) is 0 Å². The molecule has 0 saturated heterocycles. The van der Waals surface area contributed by atoms with Crippen LogP contribution in [-0.4, -0.2) is 22.5 Å². The van der Waals surface area contributed by atoms with Gasteiger partial charge in [0.1, 0.15) is 0 Å². The number of rotatable bonds is 4. The van der Waals surface area contributed by atoms with Gasteiger partial charge in [-0.05, 0) is 62.8 Å². The van der Waals surface area contributed by atoms with E-state index in [2.05, 4.69) is 16.0 Å². The minimum atomic E-state index is -0.408. The predicted octanol–water partition coefficient (Wildman–Crippen LogP) is 4.39. The first-order valence-electron chi connectivity index (χ1n) is 8.62. The maximum Gasteiger partial charge on any atom is 0.253 e. The Morgan fingerprint density at radius 3 is 2.36 bits per heavy atom. The van der Waals surface area contributed by atoms with Crippen LogP contribution in [0.5, 0.6) is 0 Å². The van der Waals surface area contributed by atoms with Gasteiger partial charge in [-0.25, -0.2) is 0 Å². The van der Waals surface area contributed by atoms with E-state index in [4.69, 9.17) is 23.8 Å². The van der Waals surface area contributed by atoms with E-state index in [0.717, 1.165) is 5.56 Å². The number of amides is 2. The molecule has 0 bridgehead atoms. The van der Waals surface area contributed by atoms with Crippen molar-refractivity contribution in [2.75, 3.05) is 5.32 Å². The summed E-state index contributed by atoms with van der Waals surface area (Å²) in [4.78, 5) is 24.6. The number of carbonyl (C=O) groups is 2. The normalized spacial score (nSPS) is 11.1. The van der Waals surface area contributed by atoms with Gasteiger partial charge in [0.15, 0.2) is 5.11 Å². The molecule has 0 aliphatic heterocycles. The van der Waals surface area contributed by atoms with Gasteiger partial charge in [0.2, 0.25) is 5.91 Å². The number of anilines is 1. The molecule has 3 N–H and O–H groups in total.